The summed E-state index contributed by atoms with van der Waals surface area (Å²) in [6.45, 7) is 2.51. The topological polar surface area (TPSA) is 148 Å². The fourth-order valence-electron chi connectivity index (χ4n) is 2.72. The van der Waals surface area contributed by atoms with Gasteiger partial charge in [0, 0.05) is 23.3 Å². The number of non-ortho nitro benzene ring substituents is 1. The molecule has 0 aliphatic rings. The van der Waals surface area contributed by atoms with Crippen molar-refractivity contribution in [3.05, 3.63) is 64.5 Å². The van der Waals surface area contributed by atoms with Gasteiger partial charge in [-0.15, -0.1) is 20.4 Å². The van der Waals surface area contributed by atoms with Crippen LogP contribution in [0.4, 0.5) is 5.69 Å². The molecule has 0 aliphatic carbocycles. The van der Waals surface area contributed by atoms with Gasteiger partial charge in [0.15, 0.2) is 5.82 Å². The molecule has 0 bridgehead atoms. The monoisotopic (exact) mass is 439 g/mol. The van der Waals surface area contributed by atoms with Gasteiger partial charge in [-0.3, -0.25) is 10.1 Å². The van der Waals surface area contributed by atoms with Crippen LogP contribution in [0.25, 0.3) is 22.8 Å². The molecule has 158 valence electrons. The summed E-state index contributed by atoms with van der Waals surface area (Å²) in [7, 11) is 0. The van der Waals surface area contributed by atoms with Crippen molar-refractivity contribution in [1.29, 1.82) is 0 Å². The predicted octanol–water partition coefficient (Wildman–Crippen LogP) is 3.31. The Morgan fingerprint density at radius 2 is 1.77 bits per heavy atom. The van der Waals surface area contributed by atoms with Crippen molar-refractivity contribution >= 4 is 17.4 Å². The molecule has 0 aliphatic heterocycles. The summed E-state index contributed by atoms with van der Waals surface area (Å²) >= 11 is 1.30. The highest BCUT2D eigenvalue weighted by molar-refractivity contribution is 7.98. The molecule has 0 amide bonds. The van der Waals surface area contributed by atoms with Crippen LogP contribution in [0.1, 0.15) is 12.8 Å². The molecular weight excluding hydrogens is 422 g/mol. The molecule has 31 heavy (non-hydrogen) atoms. The van der Waals surface area contributed by atoms with E-state index in [9.17, 15) is 10.1 Å². The van der Waals surface area contributed by atoms with Crippen LogP contribution in [-0.4, -0.2) is 36.6 Å². The van der Waals surface area contributed by atoms with Crippen LogP contribution < -0.4 is 10.6 Å². The van der Waals surface area contributed by atoms with E-state index >= 15 is 0 Å². The van der Waals surface area contributed by atoms with Crippen molar-refractivity contribution in [2.45, 2.75) is 17.8 Å². The maximum atomic E-state index is 10.8. The minimum atomic E-state index is -0.468. The Morgan fingerprint density at radius 3 is 2.45 bits per heavy atom. The number of nitrogen functional groups attached to an aromatic ring is 1. The zero-order valence-corrected chi connectivity index (χ0v) is 17.2. The molecule has 0 fully saturated rings. The number of rotatable bonds is 8. The van der Waals surface area contributed by atoms with Gasteiger partial charge in [0.2, 0.25) is 16.9 Å². The Morgan fingerprint density at radius 1 is 1.06 bits per heavy atom. The van der Waals surface area contributed by atoms with Gasteiger partial charge in [0.1, 0.15) is 5.75 Å². The van der Waals surface area contributed by atoms with Crippen molar-refractivity contribution in [1.82, 2.24) is 25.1 Å². The zero-order valence-electron chi connectivity index (χ0n) is 16.3. The first-order valence-electron chi connectivity index (χ1n) is 9.19. The lowest BCUT2D eigenvalue weighted by molar-refractivity contribution is -0.384. The van der Waals surface area contributed by atoms with E-state index in [4.69, 9.17) is 15.0 Å². The first kappa shape index (κ1) is 20.3. The second kappa shape index (κ2) is 8.83. The number of nitrogens with two attached hydrogens (primary N) is 1. The largest absolute Gasteiger partial charge is 0.494 e. The van der Waals surface area contributed by atoms with E-state index in [1.54, 1.807) is 12.1 Å². The maximum Gasteiger partial charge on any atom is 0.269 e. The lowest BCUT2D eigenvalue weighted by Gasteiger charge is -2.05. The third-order valence-corrected chi connectivity index (χ3v) is 5.13. The average Bonchev–Trinajstić information content (AvgIpc) is 3.40. The van der Waals surface area contributed by atoms with E-state index in [0.717, 1.165) is 11.3 Å². The van der Waals surface area contributed by atoms with E-state index in [1.165, 1.54) is 28.6 Å². The fraction of sp³-hybridized carbons (Fsp3) is 0.158. The molecule has 0 atom stereocenters. The van der Waals surface area contributed by atoms with E-state index in [1.807, 2.05) is 31.2 Å². The summed E-state index contributed by atoms with van der Waals surface area (Å²) in [6, 6.07) is 13.3. The zero-order chi connectivity index (χ0) is 21.8. The molecule has 2 heterocycles. The number of ether oxygens (including phenoxy) is 1. The highest BCUT2D eigenvalue weighted by Gasteiger charge is 2.15. The lowest BCUT2D eigenvalue weighted by atomic mass is 10.2. The van der Waals surface area contributed by atoms with Gasteiger partial charge in [0.25, 0.3) is 5.69 Å². The number of benzene rings is 2. The van der Waals surface area contributed by atoms with Crippen LogP contribution in [0.3, 0.4) is 0 Å². The van der Waals surface area contributed by atoms with Crippen molar-refractivity contribution < 1.29 is 14.1 Å². The van der Waals surface area contributed by atoms with Crippen LogP contribution in [0, 0.1) is 10.1 Å². The van der Waals surface area contributed by atoms with Crippen LogP contribution in [0.5, 0.6) is 5.75 Å². The van der Waals surface area contributed by atoms with Crippen molar-refractivity contribution in [3.8, 4) is 28.6 Å². The average molecular weight is 439 g/mol. The molecule has 2 aromatic heterocycles. The van der Waals surface area contributed by atoms with Crippen LogP contribution in [0.15, 0.2) is 58.1 Å². The van der Waals surface area contributed by atoms with Crippen LogP contribution in [-0.2, 0) is 5.75 Å². The molecular formula is C19H17N7O4S. The first-order valence-corrected chi connectivity index (χ1v) is 10.2. The minimum Gasteiger partial charge on any atom is -0.494 e. The number of hydrogen-bond donors (Lipinski definition) is 1. The van der Waals surface area contributed by atoms with E-state index < -0.39 is 4.92 Å². The quantitative estimate of drug-likeness (QED) is 0.187. The minimum absolute atomic E-state index is 0.00957. The second-order valence-corrected chi connectivity index (χ2v) is 7.17. The van der Waals surface area contributed by atoms with Gasteiger partial charge in [-0.2, -0.15) is 0 Å². The highest BCUT2D eigenvalue weighted by atomic mass is 32.2. The number of nitrogens with zero attached hydrogens (tertiary/aromatic N) is 6. The number of nitro benzene ring substituents is 1. The molecule has 4 rings (SSSR count). The van der Waals surface area contributed by atoms with Crippen molar-refractivity contribution in [3.63, 3.8) is 0 Å². The summed E-state index contributed by atoms with van der Waals surface area (Å²) in [5, 5.41) is 27.5. The Bertz CT molecular complexity index is 1190. The molecule has 2 aromatic carbocycles. The standard InChI is InChI=1S/C19H17N7O4S/c1-2-29-15-9-5-12(6-10-15)17-22-24-19(25(17)20)31-11-16-21-23-18(30-16)13-3-7-14(8-4-13)26(27)28/h3-10H,2,11,20H2,1H3. The van der Waals surface area contributed by atoms with Gasteiger partial charge in [0.05, 0.1) is 17.3 Å². The van der Waals surface area contributed by atoms with Gasteiger partial charge >= 0.3 is 0 Å². The first-order chi connectivity index (χ1) is 15.0. The maximum absolute atomic E-state index is 10.8. The smallest absolute Gasteiger partial charge is 0.269 e. The predicted molar refractivity (Wildman–Crippen MR) is 113 cm³/mol. The lowest BCUT2D eigenvalue weighted by Crippen LogP contribution is -2.11. The molecule has 2 N–H and O–H groups in total. The summed E-state index contributed by atoms with van der Waals surface area (Å²) in [4.78, 5) is 10.3. The molecule has 0 saturated carbocycles. The molecule has 0 radical (unpaired) electrons. The fourth-order valence-corrected chi connectivity index (χ4v) is 3.41. The Balaban J connectivity index is 1.42. The third-order valence-electron chi connectivity index (χ3n) is 4.20. The van der Waals surface area contributed by atoms with Crippen molar-refractivity contribution in [2.24, 2.45) is 0 Å². The highest BCUT2D eigenvalue weighted by Crippen LogP contribution is 2.27. The van der Waals surface area contributed by atoms with Gasteiger partial charge < -0.3 is 15.0 Å². The molecule has 0 saturated heterocycles. The van der Waals surface area contributed by atoms with Gasteiger partial charge in [-0.1, -0.05) is 11.8 Å². The van der Waals surface area contributed by atoms with Gasteiger partial charge in [-0.25, -0.2) is 4.68 Å². The second-order valence-electron chi connectivity index (χ2n) is 6.23. The Labute approximate surface area is 180 Å². The molecule has 11 nitrogen and oxygen atoms in total. The van der Waals surface area contributed by atoms with Gasteiger partial charge in [-0.05, 0) is 43.3 Å². The number of thioether (sulfide) groups is 1. The number of aromatic nitrogens is 5. The summed E-state index contributed by atoms with van der Waals surface area (Å²) < 4.78 is 12.5. The number of nitro groups is 1. The Kier molecular flexibility index (Phi) is 5.80. The summed E-state index contributed by atoms with van der Waals surface area (Å²) in [5.41, 5.74) is 1.39. The SMILES string of the molecule is CCOc1ccc(-c2nnc(SCc3nnc(-c4ccc([N+](=O)[O-])cc4)o3)n2N)cc1. The normalized spacial score (nSPS) is 10.9. The summed E-state index contributed by atoms with van der Waals surface area (Å²) in [6.07, 6.45) is 0. The van der Waals surface area contributed by atoms with Crippen molar-refractivity contribution in [2.75, 3.05) is 12.4 Å². The van der Waals surface area contributed by atoms with E-state index in [2.05, 4.69) is 20.4 Å². The summed E-state index contributed by atoms with van der Waals surface area (Å²) in [5.74, 6) is 8.40. The van der Waals surface area contributed by atoms with Crippen LogP contribution >= 0.6 is 11.8 Å². The van der Waals surface area contributed by atoms with E-state index in [0.29, 0.717) is 34.8 Å². The number of hydrogen-bond acceptors (Lipinski definition) is 10. The van der Waals surface area contributed by atoms with Crippen LogP contribution in [0.2, 0.25) is 0 Å². The molecule has 12 heteroatoms. The molecule has 4 aromatic rings. The molecule has 0 spiro atoms. The third kappa shape index (κ3) is 4.48. The Hall–Kier alpha value is -3.93. The van der Waals surface area contributed by atoms with E-state index in [-0.39, 0.29) is 11.6 Å². The molecule has 0 unspecified atom stereocenters.